The number of rotatable bonds is 6. The zero-order chi connectivity index (χ0) is 13.6. The molecule has 6 heteroatoms. The molecule has 0 unspecified atom stereocenters. The molecule has 0 heterocycles. The number of carboxylic acid groups (broad SMARTS) is 1. The molecule has 0 bridgehead atoms. The molecule has 0 radical (unpaired) electrons. The van der Waals surface area contributed by atoms with Crippen molar-refractivity contribution in [3.05, 3.63) is 0 Å². The van der Waals surface area contributed by atoms with Crippen molar-refractivity contribution < 1.29 is 19.4 Å². The predicted octanol–water partition coefficient (Wildman–Crippen LogP) is 1.06. The molecule has 0 spiro atoms. The maximum atomic E-state index is 11.9. The molecule has 0 atom stereocenters. The highest BCUT2D eigenvalue weighted by Crippen LogP contribution is 2.30. The van der Waals surface area contributed by atoms with Gasteiger partial charge in [-0.1, -0.05) is 12.8 Å². The Morgan fingerprint density at radius 3 is 2.50 bits per heavy atom. The lowest BCUT2D eigenvalue weighted by Gasteiger charge is -2.28. The highest BCUT2D eigenvalue weighted by atomic mass is 16.5. The summed E-state index contributed by atoms with van der Waals surface area (Å²) in [6, 6.07) is -0.348. The number of aliphatic carboxylic acids is 1. The number of hydrogen-bond acceptors (Lipinski definition) is 3. The second kappa shape index (κ2) is 6.58. The van der Waals surface area contributed by atoms with Crippen LogP contribution in [0.25, 0.3) is 0 Å². The third-order valence-corrected chi connectivity index (χ3v) is 3.33. The topological polar surface area (TPSA) is 78.9 Å². The average molecular weight is 258 g/mol. The summed E-state index contributed by atoms with van der Waals surface area (Å²) in [5.74, 6) is -0.938. The number of urea groups is 1. The molecule has 1 aliphatic carbocycles. The Hall–Kier alpha value is -1.30. The molecule has 0 aromatic carbocycles. The number of likely N-dealkylation sites (N-methyl/N-ethyl adjacent to an activating group) is 1. The second-order valence-electron chi connectivity index (χ2n) is 4.64. The van der Waals surface area contributed by atoms with E-state index in [4.69, 9.17) is 4.74 Å². The molecule has 0 aromatic heterocycles. The van der Waals surface area contributed by atoms with Gasteiger partial charge in [-0.2, -0.15) is 0 Å². The van der Waals surface area contributed by atoms with Crippen LogP contribution in [-0.4, -0.2) is 54.4 Å². The van der Waals surface area contributed by atoms with E-state index in [1.54, 1.807) is 7.05 Å². The molecule has 0 aromatic rings. The van der Waals surface area contributed by atoms with Crippen molar-refractivity contribution in [3.63, 3.8) is 0 Å². The Balaban J connectivity index is 2.49. The van der Waals surface area contributed by atoms with E-state index in [-0.39, 0.29) is 6.03 Å². The molecule has 0 aliphatic heterocycles. The monoisotopic (exact) mass is 258 g/mol. The van der Waals surface area contributed by atoms with Gasteiger partial charge in [0, 0.05) is 20.2 Å². The normalized spacial score (nSPS) is 17.4. The fourth-order valence-corrected chi connectivity index (χ4v) is 2.12. The van der Waals surface area contributed by atoms with Crippen molar-refractivity contribution >= 4 is 12.0 Å². The Morgan fingerprint density at radius 2 is 2.00 bits per heavy atom. The number of ether oxygens (including phenoxy) is 1. The van der Waals surface area contributed by atoms with Crippen molar-refractivity contribution in [3.8, 4) is 0 Å². The van der Waals surface area contributed by atoms with Gasteiger partial charge in [-0.3, -0.25) is 0 Å². The highest BCUT2D eigenvalue weighted by Gasteiger charge is 2.43. The Kier molecular flexibility index (Phi) is 5.40. The van der Waals surface area contributed by atoms with E-state index in [0.717, 1.165) is 12.8 Å². The van der Waals surface area contributed by atoms with Crippen molar-refractivity contribution in [1.82, 2.24) is 10.2 Å². The van der Waals surface area contributed by atoms with E-state index in [1.165, 1.54) is 4.90 Å². The Morgan fingerprint density at radius 1 is 1.39 bits per heavy atom. The van der Waals surface area contributed by atoms with E-state index >= 15 is 0 Å². The fourth-order valence-electron chi connectivity index (χ4n) is 2.12. The van der Waals surface area contributed by atoms with E-state index in [1.807, 2.05) is 6.92 Å². The summed E-state index contributed by atoms with van der Waals surface area (Å²) in [5.41, 5.74) is -1.07. The molecule has 1 saturated carbocycles. The van der Waals surface area contributed by atoms with Crippen LogP contribution in [0.15, 0.2) is 0 Å². The SMILES string of the molecule is CCOCCN(C)C(=O)NC1(C(=O)O)CCCC1. The molecule has 1 rings (SSSR count). The standard InChI is InChI=1S/C12H22N2O4/c1-3-18-9-8-14(2)11(17)13-12(10(15)16)6-4-5-7-12/h3-9H2,1-2H3,(H,13,17)(H,15,16). The summed E-state index contributed by atoms with van der Waals surface area (Å²) in [7, 11) is 1.64. The van der Waals surface area contributed by atoms with E-state index < -0.39 is 11.5 Å². The molecular weight excluding hydrogens is 236 g/mol. The maximum Gasteiger partial charge on any atom is 0.329 e. The lowest BCUT2D eigenvalue weighted by Crippen LogP contribution is -2.56. The average Bonchev–Trinajstić information content (AvgIpc) is 2.79. The van der Waals surface area contributed by atoms with Crippen molar-refractivity contribution in [1.29, 1.82) is 0 Å². The highest BCUT2D eigenvalue weighted by molar-refractivity contribution is 5.86. The Bertz CT molecular complexity index is 300. The summed E-state index contributed by atoms with van der Waals surface area (Å²) in [4.78, 5) is 24.6. The van der Waals surface area contributed by atoms with Crippen molar-refractivity contribution in [2.24, 2.45) is 0 Å². The summed E-state index contributed by atoms with van der Waals surface area (Å²) >= 11 is 0. The maximum absolute atomic E-state index is 11.9. The van der Waals surface area contributed by atoms with Gasteiger partial charge in [0.15, 0.2) is 0 Å². The van der Waals surface area contributed by atoms with Crippen LogP contribution in [-0.2, 0) is 9.53 Å². The Labute approximate surface area is 107 Å². The van der Waals surface area contributed by atoms with Crippen LogP contribution in [0.2, 0.25) is 0 Å². The van der Waals surface area contributed by atoms with Crippen LogP contribution >= 0.6 is 0 Å². The van der Waals surface area contributed by atoms with Crippen LogP contribution in [0.5, 0.6) is 0 Å². The van der Waals surface area contributed by atoms with Gasteiger partial charge in [-0.15, -0.1) is 0 Å². The molecule has 2 N–H and O–H groups in total. The number of nitrogens with one attached hydrogen (secondary N) is 1. The molecule has 18 heavy (non-hydrogen) atoms. The minimum Gasteiger partial charge on any atom is -0.480 e. The van der Waals surface area contributed by atoms with E-state index in [0.29, 0.717) is 32.6 Å². The summed E-state index contributed by atoms with van der Waals surface area (Å²) in [5, 5.41) is 11.9. The van der Waals surface area contributed by atoms with Gasteiger partial charge in [0.2, 0.25) is 0 Å². The summed E-state index contributed by atoms with van der Waals surface area (Å²) in [6.07, 6.45) is 2.70. The summed E-state index contributed by atoms with van der Waals surface area (Å²) in [6.45, 7) is 3.41. The van der Waals surface area contributed by atoms with Crippen LogP contribution in [0, 0.1) is 0 Å². The molecular formula is C12H22N2O4. The zero-order valence-corrected chi connectivity index (χ0v) is 11.1. The van der Waals surface area contributed by atoms with Gasteiger partial charge in [0.05, 0.1) is 6.61 Å². The quantitative estimate of drug-likeness (QED) is 0.698. The third kappa shape index (κ3) is 3.60. The first-order valence-electron chi connectivity index (χ1n) is 6.36. The molecule has 0 saturated heterocycles. The van der Waals surface area contributed by atoms with Gasteiger partial charge in [-0.25, -0.2) is 9.59 Å². The first kappa shape index (κ1) is 14.8. The molecule has 1 aliphatic rings. The fraction of sp³-hybridized carbons (Fsp3) is 0.833. The number of carbonyl (C=O) groups excluding carboxylic acids is 1. The lowest BCUT2D eigenvalue weighted by atomic mass is 9.98. The minimum absolute atomic E-state index is 0.348. The first-order valence-corrected chi connectivity index (χ1v) is 6.36. The summed E-state index contributed by atoms with van der Waals surface area (Å²) < 4.78 is 5.16. The number of carboxylic acids is 1. The smallest absolute Gasteiger partial charge is 0.329 e. The zero-order valence-electron chi connectivity index (χ0n) is 11.1. The molecule has 2 amide bonds. The number of hydrogen-bond donors (Lipinski definition) is 2. The van der Waals surface area contributed by atoms with Crippen LogP contribution in [0.3, 0.4) is 0 Å². The largest absolute Gasteiger partial charge is 0.480 e. The molecule has 1 fully saturated rings. The van der Waals surface area contributed by atoms with E-state index in [9.17, 15) is 14.7 Å². The van der Waals surface area contributed by atoms with Crippen LogP contribution in [0.1, 0.15) is 32.6 Å². The van der Waals surface area contributed by atoms with Gasteiger partial charge in [-0.05, 0) is 19.8 Å². The van der Waals surface area contributed by atoms with Gasteiger partial charge in [0.1, 0.15) is 5.54 Å². The number of carbonyl (C=O) groups is 2. The van der Waals surface area contributed by atoms with E-state index in [2.05, 4.69) is 5.32 Å². The predicted molar refractivity (Wildman–Crippen MR) is 66.5 cm³/mol. The minimum atomic E-state index is -1.07. The number of amides is 2. The van der Waals surface area contributed by atoms with Gasteiger partial charge < -0.3 is 20.1 Å². The lowest BCUT2D eigenvalue weighted by molar-refractivity contribution is -0.144. The van der Waals surface area contributed by atoms with Crippen LogP contribution < -0.4 is 5.32 Å². The molecule has 104 valence electrons. The van der Waals surface area contributed by atoms with Crippen molar-refractivity contribution in [2.75, 3.05) is 26.8 Å². The van der Waals surface area contributed by atoms with Gasteiger partial charge in [0.25, 0.3) is 0 Å². The first-order chi connectivity index (χ1) is 8.52. The van der Waals surface area contributed by atoms with Gasteiger partial charge >= 0.3 is 12.0 Å². The van der Waals surface area contributed by atoms with Crippen molar-refractivity contribution in [2.45, 2.75) is 38.1 Å². The van der Waals surface area contributed by atoms with Crippen LogP contribution in [0.4, 0.5) is 4.79 Å². The molecule has 6 nitrogen and oxygen atoms in total. The third-order valence-electron chi connectivity index (χ3n) is 3.33. The second-order valence-corrected chi connectivity index (χ2v) is 4.64. The number of nitrogens with zero attached hydrogens (tertiary/aromatic N) is 1.